The van der Waals surface area contributed by atoms with E-state index in [0.29, 0.717) is 0 Å². The van der Waals surface area contributed by atoms with Crippen LogP contribution in [0.3, 0.4) is 0 Å². The Labute approximate surface area is 74.1 Å². The molecule has 0 fully saturated rings. The fourth-order valence-corrected chi connectivity index (χ4v) is 1.12. The smallest absolute Gasteiger partial charge is 0.0865 e. The summed E-state index contributed by atoms with van der Waals surface area (Å²) < 4.78 is 0. The molecule has 1 unspecified atom stereocenters. The lowest BCUT2D eigenvalue weighted by Gasteiger charge is -2.21. The highest BCUT2D eigenvalue weighted by Crippen LogP contribution is 2.23. The molecule has 0 saturated heterocycles. The van der Waals surface area contributed by atoms with E-state index >= 15 is 0 Å². The molecule has 0 aliphatic rings. The molecular weight excluding hydrogens is 148 g/mol. The first kappa shape index (κ1) is 9.27. The molecule has 0 spiro atoms. The first-order valence-corrected chi connectivity index (χ1v) is 4.36. The number of aryl methyl sites for hydroxylation is 1. The van der Waals surface area contributed by atoms with E-state index in [1.807, 2.05) is 45.0 Å². The van der Waals surface area contributed by atoms with Crippen molar-refractivity contribution < 1.29 is 5.11 Å². The maximum atomic E-state index is 9.89. The molecular formula is C11H16O. The average molecular weight is 164 g/mol. The van der Waals surface area contributed by atoms with Crippen molar-refractivity contribution in [3.05, 3.63) is 35.4 Å². The Bertz CT molecular complexity index is 246. The number of aliphatic hydroxyl groups is 1. The van der Waals surface area contributed by atoms with Crippen molar-refractivity contribution in [1.29, 1.82) is 0 Å². The molecule has 1 heteroatoms. The van der Waals surface area contributed by atoms with E-state index in [4.69, 9.17) is 0 Å². The average Bonchev–Trinajstić information content (AvgIpc) is 2.05. The molecule has 1 aromatic rings. The monoisotopic (exact) mass is 164 g/mol. The first-order valence-electron chi connectivity index (χ1n) is 4.36. The summed E-state index contributed by atoms with van der Waals surface area (Å²) in [5.41, 5.74) is 1.55. The molecule has 12 heavy (non-hydrogen) atoms. The zero-order valence-electron chi connectivity index (χ0n) is 7.96. The van der Waals surface area contributed by atoms with Gasteiger partial charge in [0.05, 0.1) is 5.60 Å². The molecule has 0 heterocycles. The van der Waals surface area contributed by atoms with Gasteiger partial charge in [0.25, 0.3) is 0 Å². The summed E-state index contributed by atoms with van der Waals surface area (Å²) >= 11 is 0. The van der Waals surface area contributed by atoms with Crippen LogP contribution in [0.4, 0.5) is 0 Å². The van der Waals surface area contributed by atoms with Gasteiger partial charge in [0, 0.05) is 0 Å². The third-order valence-corrected chi connectivity index (χ3v) is 2.36. The van der Waals surface area contributed by atoms with Crippen molar-refractivity contribution in [2.45, 2.75) is 32.8 Å². The Balaban J connectivity index is 2.96. The Morgan fingerprint density at radius 2 is 1.75 bits per heavy atom. The van der Waals surface area contributed by atoms with E-state index in [2.05, 4.69) is 0 Å². The maximum absolute atomic E-state index is 9.89. The molecule has 0 bridgehead atoms. The summed E-state index contributed by atoms with van der Waals surface area (Å²) in [6, 6.07) is 8.02. The van der Waals surface area contributed by atoms with Gasteiger partial charge in [-0.2, -0.15) is 0 Å². The van der Waals surface area contributed by atoms with Crippen LogP contribution in [0.2, 0.25) is 0 Å². The van der Waals surface area contributed by atoms with E-state index in [1.54, 1.807) is 0 Å². The summed E-state index contributed by atoms with van der Waals surface area (Å²) in [6.07, 6.45) is 0.746. The molecule has 0 aliphatic heterocycles. The molecule has 1 atom stereocenters. The lowest BCUT2D eigenvalue weighted by molar-refractivity contribution is 0.0531. The van der Waals surface area contributed by atoms with Gasteiger partial charge in [-0.25, -0.2) is 0 Å². The number of hydrogen-bond donors (Lipinski definition) is 1. The molecule has 1 aromatic carbocycles. The Kier molecular flexibility index (Phi) is 2.53. The van der Waals surface area contributed by atoms with Crippen LogP contribution >= 0.6 is 0 Å². The fourth-order valence-electron chi connectivity index (χ4n) is 1.12. The minimum atomic E-state index is -0.673. The van der Waals surface area contributed by atoms with Crippen LogP contribution in [0, 0.1) is 6.92 Å². The third-order valence-electron chi connectivity index (χ3n) is 2.36. The van der Waals surface area contributed by atoms with E-state index in [1.165, 1.54) is 5.56 Å². The molecule has 1 rings (SSSR count). The number of benzene rings is 1. The quantitative estimate of drug-likeness (QED) is 0.712. The second kappa shape index (κ2) is 3.28. The zero-order valence-corrected chi connectivity index (χ0v) is 7.96. The van der Waals surface area contributed by atoms with Gasteiger partial charge in [-0.1, -0.05) is 36.8 Å². The molecule has 66 valence electrons. The topological polar surface area (TPSA) is 20.2 Å². The summed E-state index contributed by atoms with van der Waals surface area (Å²) in [6.45, 7) is 5.88. The van der Waals surface area contributed by atoms with Gasteiger partial charge in [0.15, 0.2) is 0 Å². The fraction of sp³-hybridized carbons (Fsp3) is 0.455. The lowest BCUT2D eigenvalue weighted by atomic mass is 9.93. The highest BCUT2D eigenvalue weighted by Gasteiger charge is 2.19. The molecule has 1 N–H and O–H groups in total. The van der Waals surface area contributed by atoms with Crippen molar-refractivity contribution in [3.63, 3.8) is 0 Å². The molecule has 1 nitrogen and oxygen atoms in total. The second-order valence-corrected chi connectivity index (χ2v) is 3.49. The van der Waals surface area contributed by atoms with Crippen molar-refractivity contribution >= 4 is 0 Å². The second-order valence-electron chi connectivity index (χ2n) is 3.49. The van der Waals surface area contributed by atoms with Crippen LogP contribution in [0.25, 0.3) is 0 Å². The van der Waals surface area contributed by atoms with Gasteiger partial charge >= 0.3 is 0 Å². The summed E-state index contributed by atoms with van der Waals surface area (Å²) in [5.74, 6) is 0. The van der Waals surface area contributed by atoms with Crippen molar-refractivity contribution in [3.8, 4) is 0 Å². The van der Waals surface area contributed by atoms with Crippen LogP contribution in [0.1, 0.15) is 31.4 Å². The summed E-state index contributed by atoms with van der Waals surface area (Å²) in [5, 5.41) is 9.89. The lowest BCUT2D eigenvalue weighted by Crippen LogP contribution is -2.19. The largest absolute Gasteiger partial charge is 0.385 e. The van der Waals surface area contributed by atoms with Crippen LogP contribution in [-0.2, 0) is 5.60 Å². The SMILES string of the molecule is CCC(C)(O)c1ccc(C)cc1. The van der Waals surface area contributed by atoms with E-state index in [9.17, 15) is 5.11 Å². The first-order chi connectivity index (χ1) is 5.56. The predicted octanol–water partition coefficient (Wildman–Crippen LogP) is 2.61. The van der Waals surface area contributed by atoms with Gasteiger partial charge in [0.2, 0.25) is 0 Å². The Hall–Kier alpha value is -0.820. The normalized spacial score (nSPS) is 15.7. The number of rotatable bonds is 2. The molecule has 0 aliphatic carbocycles. The van der Waals surface area contributed by atoms with Crippen LogP contribution in [0.5, 0.6) is 0 Å². The molecule has 0 radical (unpaired) electrons. The van der Waals surface area contributed by atoms with Crippen LogP contribution in [0.15, 0.2) is 24.3 Å². The van der Waals surface area contributed by atoms with E-state index < -0.39 is 5.60 Å². The highest BCUT2D eigenvalue weighted by molar-refractivity contribution is 5.25. The Morgan fingerprint density at radius 3 is 2.17 bits per heavy atom. The molecule has 0 amide bonds. The summed E-state index contributed by atoms with van der Waals surface area (Å²) in [4.78, 5) is 0. The van der Waals surface area contributed by atoms with Gasteiger partial charge in [-0.15, -0.1) is 0 Å². The Morgan fingerprint density at radius 1 is 1.25 bits per heavy atom. The maximum Gasteiger partial charge on any atom is 0.0865 e. The predicted molar refractivity (Wildman–Crippen MR) is 51.0 cm³/mol. The van der Waals surface area contributed by atoms with Crippen molar-refractivity contribution in [2.75, 3.05) is 0 Å². The van der Waals surface area contributed by atoms with Gasteiger partial charge in [-0.3, -0.25) is 0 Å². The van der Waals surface area contributed by atoms with Crippen molar-refractivity contribution in [1.82, 2.24) is 0 Å². The minimum absolute atomic E-state index is 0.673. The van der Waals surface area contributed by atoms with E-state index in [-0.39, 0.29) is 0 Å². The summed E-state index contributed by atoms with van der Waals surface area (Å²) in [7, 11) is 0. The van der Waals surface area contributed by atoms with Gasteiger partial charge < -0.3 is 5.11 Å². The standard InChI is InChI=1S/C11H16O/c1-4-11(3,12)10-7-5-9(2)6-8-10/h5-8,12H,4H2,1-3H3. The molecule has 0 saturated carbocycles. The molecule has 0 aromatic heterocycles. The van der Waals surface area contributed by atoms with Gasteiger partial charge in [0.1, 0.15) is 0 Å². The van der Waals surface area contributed by atoms with Crippen LogP contribution in [-0.4, -0.2) is 5.11 Å². The van der Waals surface area contributed by atoms with E-state index in [0.717, 1.165) is 12.0 Å². The minimum Gasteiger partial charge on any atom is -0.385 e. The third kappa shape index (κ3) is 1.86. The zero-order chi connectivity index (χ0) is 9.19. The van der Waals surface area contributed by atoms with Crippen molar-refractivity contribution in [2.24, 2.45) is 0 Å². The van der Waals surface area contributed by atoms with Gasteiger partial charge in [-0.05, 0) is 25.8 Å². The van der Waals surface area contributed by atoms with Crippen LogP contribution < -0.4 is 0 Å². The highest BCUT2D eigenvalue weighted by atomic mass is 16.3. The number of hydrogen-bond acceptors (Lipinski definition) is 1.